The SMILES string of the molecule is CO[C@]12CC[C@@]3(C[C@@H]1C(C)(C)O)[C@H]1Cc4ccc(OC(=O)N(C)CCNC(=O)[C@H](CCC[NH+]=C(N)N)NC(=O)CN)c5c4[C@@]3(CC[N+]1(C)CC1CC1)[C@H]2O5. The largest absolute Gasteiger partial charge is 0.482 e. The number of likely N-dealkylation sites (N-methyl/N-ethyl adjacent to an activating group) is 2. The summed E-state index contributed by atoms with van der Waals surface area (Å²) in [6.45, 7) is 6.59. The molecule has 0 aromatic heterocycles. The standard InChI is InChI=1S/C39H60N8O7/c1-36(2,51)27-20-37-12-13-39(27,52-5)33-38(37)14-18-47(4,22-23-8-9-23)28(37)19-24-10-11-26(31(54-33)30(24)38)53-35(50)46(3)17-16-43-32(49)25(45-29(48)21-40)7-6-15-44-34(41)42/h10-11,23,25,27-28,33,51H,6-9,12-22,40H2,1-5H3,(H5-,41,42,43,44,45,48,49)/p+2/t25-,27+,28+,33+,37+,38-,39+,47?/m0/s1. The van der Waals surface area contributed by atoms with Gasteiger partial charge < -0.3 is 45.1 Å². The molecule has 2 spiro atoms. The van der Waals surface area contributed by atoms with Gasteiger partial charge in [-0.3, -0.25) is 26.0 Å². The molecule has 15 nitrogen and oxygen atoms in total. The number of carbonyl (C=O) groups is 3. The predicted octanol–water partition coefficient (Wildman–Crippen LogP) is -1.05. The minimum absolute atomic E-state index is 0.0774. The highest BCUT2D eigenvalue weighted by Gasteiger charge is 2.84. The number of fused-ring (bicyclic) bond motifs is 2. The molecule has 1 unspecified atom stereocenters. The Morgan fingerprint density at radius 1 is 1.20 bits per heavy atom. The number of nitrogens with one attached hydrogen (secondary N) is 3. The summed E-state index contributed by atoms with van der Waals surface area (Å²) >= 11 is 0. The Kier molecular flexibility index (Phi) is 9.88. The third kappa shape index (κ3) is 6.09. The average molecular weight is 755 g/mol. The number of piperidine rings is 1. The van der Waals surface area contributed by atoms with E-state index in [0.29, 0.717) is 36.9 Å². The first-order chi connectivity index (χ1) is 25.5. The van der Waals surface area contributed by atoms with Gasteiger partial charge in [0.2, 0.25) is 11.8 Å². The molecule has 5 fully saturated rings. The first-order valence-corrected chi connectivity index (χ1v) is 19.8. The second-order valence-electron chi connectivity index (χ2n) is 17.8. The molecule has 4 saturated carbocycles. The second kappa shape index (κ2) is 13.8. The van der Waals surface area contributed by atoms with E-state index < -0.39 is 29.2 Å². The van der Waals surface area contributed by atoms with Crippen molar-refractivity contribution in [2.24, 2.45) is 34.5 Å². The molecule has 1 aromatic rings. The predicted molar refractivity (Wildman–Crippen MR) is 200 cm³/mol. The van der Waals surface area contributed by atoms with Crippen LogP contribution in [0.2, 0.25) is 0 Å². The molecule has 5 aliphatic carbocycles. The van der Waals surface area contributed by atoms with E-state index in [0.717, 1.165) is 49.0 Å². The van der Waals surface area contributed by atoms with Crippen LogP contribution in [0.5, 0.6) is 11.5 Å². The van der Waals surface area contributed by atoms with Gasteiger partial charge in [0, 0.05) is 62.9 Å². The van der Waals surface area contributed by atoms with E-state index in [1.54, 1.807) is 14.2 Å². The van der Waals surface area contributed by atoms with Crippen LogP contribution in [0.1, 0.15) is 76.3 Å². The van der Waals surface area contributed by atoms with Gasteiger partial charge >= 0.3 is 12.1 Å². The molecule has 54 heavy (non-hydrogen) atoms. The molecule has 298 valence electrons. The lowest BCUT2D eigenvalue weighted by molar-refractivity contribution is -0.952. The number of hydrogen-bond acceptors (Lipinski definition) is 8. The van der Waals surface area contributed by atoms with Crippen LogP contribution in [0, 0.1) is 17.3 Å². The van der Waals surface area contributed by atoms with Crippen LogP contribution in [-0.4, -0.2) is 128 Å². The number of quaternary nitrogens is 1. The number of amides is 3. The quantitative estimate of drug-likeness (QED) is 0.0499. The summed E-state index contributed by atoms with van der Waals surface area (Å²) in [5, 5.41) is 17.2. The molecular formula is C39H62N8O7+2. The topological polar surface area (TPSA) is 218 Å². The molecule has 1 saturated heterocycles. The maximum Gasteiger partial charge on any atom is 0.415 e. The molecule has 8 atom stereocenters. The van der Waals surface area contributed by atoms with Gasteiger partial charge in [-0.2, -0.15) is 0 Å². The van der Waals surface area contributed by atoms with E-state index in [-0.39, 0.29) is 54.4 Å². The fraction of sp³-hybridized carbons (Fsp3) is 0.744. The fourth-order valence-corrected chi connectivity index (χ4v) is 11.8. The Hall–Kier alpha value is -3.66. The first-order valence-electron chi connectivity index (χ1n) is 19.8. The number of guanidine groups is 1. The Bertz CT molecular complexity index is 1690. The van der Waals surface area contributed by atoms with Crippen molar-refractivity contribution in [1.29, 1.82) is 0 Å². The Labute approximate surface area is 318 Å². The summed E-state index contributed by atoms with van der Waals surface area (Å²) in [5.74, 6) is 0.921. The summed E-state index contributed by atoms with van der Waals surface area (Å²) < 4.78 is 21.0. The molecule has 7 aliphatic rings. The van der Waals surface area contributed by atoms with E-state index in [1.165, 1.54) is 35.4 Å². The number of methoxy groups -OCH3 is 1. The smallest absolute Gasteiger partial charge is 0.415 e. The highest BCUT2D eigenvalue weighted by Crippen LogP contribution is 2.78. The van der Waals surface area contributed by atoms with Crippen molar-refractivity contribution in [3.8, 4) is 11.5 Å². The lowest BCUT2D eigenvalue weighted by Gasteiger charge is -2.75. The first kappa shape index (κ1) is 38.6. The zero-order valence-corrected chi connectivity index (χ0v) is 32.7. The molecule has 3 amide bonds. The maximum absolute atomic E-state index is 13.6. The molecule has 2 aliphatic heterocycles. The van der Waals surface area contributed by atoms with Crippen LogP contribution < -0.4 is 42.3 Å². The highest BCUT2D eigenvalue weighted by atomic mass is 16.6. The van der Waals surface area contributed by atoms with Crippen molar-refractivity contribution in [3.63, 3.8) is 0 Å². The van der Waals surface area contributed by atoms with Gasteiger partial charge in [0.15, 0.2) is 11.5 Å². The Balaban J connectivity index is 1.11. The van der Waals surface area contributed by atoms with Crippen molar-refractivity contribution >= 4 is 23.9 Å². The molecule has 4 bridgehead atoms. The Morgan fingerprint density at radius 2 is 1.96 bits per heavy atom. The zero-order chi connectivity index (χ0) is 38.8. The van der Waals surface area contributed by atoms with Gasteiger partial charge in [0.05, 0.1) is 50.3 Å². The van der Waals surface area contributed by atoms with E-state index >= 15 is 0 Å². The minimum atomic E-state index is -0.976. The molecule has 0 radical (unpaired) electrons. The molecule has 10 N–H and O–H groups in total. The van der Waals surface area contributed by atoms with E-state index in [2.05, 4.69) is 28.7 Å². The average Bonchev–Trinajstić information content (AvgIpc) is 3.86. The van der Waals surface area contributed by atoms with Crippen LogP contribution in [-0.2, 0) is 26.2 Å². The third-order valence-electron chi connectivity index (χ3n) is 14.3. The van der Waals surface area contributed by atoms with Crippen LogP contribution in [0.3, 0.4) is 0 Å². The van der Waals surface area contributed by atoms with E-state index in [4.69, 9.17) is 31.4 Å². The molecule has 1 aromatic carbocycles. The minimum Gasteiger partial charge on any atom is -0.482 e. The lowest BCUT2D eigenvalue weighted by Crippen LogP contribution is -2.84. The molecule has 2 heterocycles. The van der Waals surface area contributed by atoms with Gasteiger partial charge in [0.25, 0.3) is 0 Å². The number of carbonyl (C=O) groups excluding carboxylic acids is 3. The van der Waals surface area contributed by atoms with Crippen LogP contribution in [0.25, 0.3) is 0 Å². The number of benzene rings is 1. The monoisotopic (exact) mass is 754 g/mol. The number of rotatable bonds is 15. The number of ether oxygens (including phenoxy) is 3. The van der Waals surface area contributed by atoms with Crippen molar-refractivity contribution in [1.82, 2.24) is 15.5 Å². The number of likely N-dealkylation sites (tertiary alicyclic amines) is 1. The van der Waals surface area contributed by atoms with E-state index in [1.807, 2.05) is 19.9 Å². The second-order valence-corrected chi connectivity index (χ2v) is 17.8. The summed E-state index contributed by atoms with van der Waals surface area (Å²) in [6.07, 6.45) is 7.18. The Morgan fingerprint density at radius 3 is 2.63 bits per heavy atom. The normalized spacial score (nSPS) is 33.2. The van der Waals surface area contributed by atoms with Crippen molar-refractivity contribution in [3.05, 3.63) is 23.3 Å². The van der Waals surface area contributed by atoms with Crippen molar-refractivity contribution in [2.75, 3.05) is 60.5 Å². The van der Waals surface area contributed by atoms with Crippen LogP contribution in [0.4, 0.5) is 4.79 Å². The molecular weight excluding hydrogens is 692 g/mol. The molecule has 15 heteroatoms. The summed E-state index contributed by atoms with van der Waals surface area (Å²) in [5.41, 5.74) is 16.8. The number of aliphatic hydroxyl groups is 1. The van der Waals surface area contributed by atoms with Gasteiger partial charge in [-0.1, -0.05) is 6.07 Å². The number of nitrogens with zero attached hydrogens (tertiary/aromatic N) is 2. The van der Waals surface area contributed by atoms with Crippen LogP contribution in [0.15, 0.2) is 12.1 Å². The number of hydrogen-bond donors (Lipinski definition) is 7. The summed E-state index contributed by atoms with van der Waals surface area (Å²) in [7, 11) is 5.87. The van der Waals surface area contributed by atoms with Crippen molar-refractivity contribution in [2.45, 2.75) is 106 Å². The van der Waals surface area contributed by atoms with Crippen LogP contribution >= 0.6 is 0 Å². The van der Waals surface area contributed by atoms with Crippen molar-refractivity contribution < 1.29 is 43.2 Å². The zero-order valence-electron chi connectivity index (χ0n) is 32.7. The van der Waals surface area contributed by atoms with Gasteiger partial charge in [-0.15, -0.1) is 0 Å². The maximum atomic E-state index is 13.6. The third-order valence-corrected chi connectivity index (χ3v) is 14.3. The van der Waals surface area contributed by atoms with Gasteiger partial charge in [0.1, 0.15) is 17.7 Å². The molecule has 8 rings (SSSR count). The van der Waals surface area contributed by atoms with E-state index in [9.17, 15) is 19.5 Å². The summed E-state index contributed by atoms with van der Waals surface area (Å²) in [4.78, 5) is 42.9. The van der Waals surface area contributed by atoms with Gasteiger partial charge in [-0.05, 0) is 70.4 Å². The number of nitrogens with two attached hydrogens (primary N) is 3. The lowest BCUT2D eigenvalue weighted by atomic mass is 9.33. The summed E-state index contributed by atoms with van der Waals surface area (Å²) in [6, 6.07) is 3.60. The fourth-order valence-electron chi connectivity index (χ4n) is 11.8. The van der Waals surface area contributed by atoms with Gasteiger partial charge in [-0.25, -0.2) is 4.79 Å². The highest BCUT2D eigenvalue weighted by molar-refractivity contribution is 5.88.